The van der Waals surface area contributed by atoms with Gasteiger partial charge in [-0.15, -0.1) is 0 Å². The third-order valence-corrected chi connectivity index (χ3v) is 5.83. The summed E-state index contributed by atoms with van der Waals surface area (Å²) < 4.78 is 13.2. The van der Waals surface area contributed by atoms with Gasteiger partial charge in [-0.2, -0.15) is 5.01 Å². The minimum absolute atomic E-state index is 0.0313. The summed E-state index contributed by atoms with van der Waals surface area (Å²) >= 11 is 0. The topological polar surface area (TPSA) is 81.8 Å². The fourth-order valence-corrected chi connectivity index (χ4v) is 3.96. The first kappa shape index (κ1) is 21.0. The van der Waals surface area contributed by atoms with Crippen LogP contribution in [0.1, 0.15) is 37.3 Å². The lowest BCUT2D eigenvalue weighted by atomic mass is 9.87. The van der Waals surface area contributed by atoms with Gasteiger partial charge in [0, 0.05) is 12.6 Å². The highest BCUT2D eigenvalue weighted by molar-refractivity contribution is 6.08. The molecule has 2 N–H and O–H groups in total. The fourth-order valence-electron chi connectivity index (χ4n) is 3.96. The van der Waals surface area contributed by atoms with Crippen molar-refractivity contribution in [3.63, 3.8) is 0 Å². The number of carbonyl (C=O) groups excluding carboxylic acids is 3. The van der Waals surface area contributed by atoms with Crippen LogP contribution in [-0.4, -0.2) is 40.3 Å². The minimum atomic E-state index is -1.20. The second-order valence-electron chi connectivity index (χ2n) is 7.99. The van der Waals surface area contributed by atoms with Crippen LogP contribution >= 0.6 is 0 Å². The molecule has 0 bridgehead atoms. The summed E-state index contributed by atoms with van der Waals surface area (Å²) in [6.45, 7) is 2.33. The molecule has 1 aliphatic carbocycles. The molecule has 0 unspecified atom stereocenters. The maximum atomic E-state index is 13.2. The normalized spacial score (nSPS) is 20.8. The van der Waals surface area contributed by atoms with Gasteiger partial charge in [0.15, 0.2) is 0 Å². The third-order valence-electron chi connectivity index (χ3n) is 5.83. The van der Waals surface area contributed by atoms with Gasteiger partial charge >= 0.3 is 6.03 Å². The van der Waals surface area contributed by atoms with Gasteiger partial charge in [-0.05, 0) is 42.5 Å². The number of benzene rings is 2. The predicted octanol–water partition coefficient (Wildman–Crippen LogP) is 2.68. The Bertz CT molecular complexity index is 978. The van der Waals surface area contributed by atoms with Crippen molar-refractivity contribution >= 4 is 17.8 Å². The number of nitrogens with one attached hydrogen (secondary N) is 2. The number of hydrazine groups is 1. The van der Waals surface area contributed by atoms with Crippen molar-refractivity contribution in [3.05, 3.63) is 71.5 Å². The molecular weight excluding hydrogens is 399 g/mol. The molecule has 0 spiro atoms. The molecule has 4 rings (SSSR count). The summed E-state index contributed by atoms with van der Waals surface area (Å²) in [5.74, 6) is -1.26. The number of hydrogen-bond acceptors (Lipinski definition) is 4. The van der Waals surface area contributed by atoms with E-state index >= 15 is 0 Å². The highest BCUT2D eigenvalue weighted by Crippen LogP contribution is 2.32. The maximum Gasteiger partial charge on any atom is 0.344 e. The monoisotopic (exact) mass is 424 g/mol. The molecule has 162 valence electrons. The van der Waals surface area contributed by atoms with E-state index in [1.807, 2.05) is 17.9 Å². The van der Waals surface area contributed by atoms with Crippen molar-refractivity contribution in [3.8, 4) is 0 Å². The highest BCUT2D eigenvalue weighted by atomic mass is 19.1. The molecule has 1 saturated carbocycles. The number of amides is 4. The average Bonchev–Trinajstić information content (AvgIpc) is 3.59. The Labute approximate surface area is 180 Å². The first-order valence-electron chi connectivity index (χ1n) is 10.4. The molecule has 1 heterocycles. The van der Waals surface area contributed by atoms with Gasteiger partial charge in [0.25, 0.3) is 11.8 Å². The molecule has 0 radical (unpaired) electrons. The van der Waals surface area contributed by atoms with Crippen LogP contribution in [-0.2, 0) is 21.7 Å². The van der Waals surface area contributed by atoms with Gasteiger partial charge in [-0.25, -0.2) is 9.18 Å². The zero-order valence-electron chi connectivity index (χ0n) is 17.3. The summed E-state index contributed by atoms with van der Waals surface area (Å²) in [6, 6.07) is 14.8. The number of urea groups is 1. The number of carbonyl (C=O) groups is 3. The predicted molar refractivity (Wildman–Crippen MR) is 112 cm³/mol. The van der Waals surface area contributed by atoms with Gasteiger partial charge in [-0.3, -0.25) is 19.9 Å². The second kappa shape index (κ2) is 8.47. The van der Waals surface area contributed by atoms with Crippen molar-refractivity contribution in [1.29, 1.82) is 0 Å². The van der Waals surface area contributed by atoms with Crippen LogP contribution in [0.25, 0.3) is 0 Å². The van der Waals surface area contributed by atoms with Crippen molar-refractivity contribution in [2.24, 2.45) is 0 Å². The van der Waals surface area contributed by atoms with E-state index in [2.05, 4.69) is 10.7 Å². The Hall–Kier alpha value is -3.26. The minimum Gasteiger partial charge on any atom is -0.318 e. The van der Waals surface area contributed by atoms with Crippen LogP contribution in [0.3, 0.4) is 0 Å². The molecule has 0 aromatic heterocycles. The molecule has 1 atom stereocenters. The maximum absolute atomic E-state index is 13.2. The number of hydrogen-bond donors (Lipinski definition) is 2. The fraction of sp³-hybridized carbons (Fsp3) is 0.348. The Balaban J connectivity index is 1.44. The van der Waals surface area contributed by atoms with Gasteiger partial charge in [-0.1, -0.05) is 49.4 Å². The summed E-state index contributed by atoms with van der Waals surface area (Å²) in [6.07, 6.45) is 2.31. The molecule has 1 saturated heterocycles. The van der Waals surface area contributed by atoms with Crippen molar-refractivity contribution in [2.45, 2.75) is 44.3 Å². The Morgan fingerprint density at radius 3 is 2.45 bits per heavy atom. The Kier molecular flexibility index (Phi) is 5.73. The standard InChI is InChI=1S/C23H25FN4O3/c1-2-23(17-6-4-3-5-7-17)21(30)28(22(31)25-23)26-20(29)15-27(19-12-13-19)14-16-8-10-18(24)11-9-16/h3-11,19H,2,12-15H2,1H3,(H,25,31)(H,26,29)/t23-/m0/s1. The molecule has 8 heteroatoms. The SMILES string of the molecule is CC[C@@]1(c2ccccc2)NC(=O)N(NC(=O)CN(Cc2ccc(F)cc2)C2CC2)C1=O. The largest absolute Gasteiger partial charge is 0.344 e. The van der Waals surface area contributed by atoms with Crippen molar-refractivity contribution in [1.82, 2.24) is 20.7 Å². The number of nitrogens with zero attached hydrogens (tertiary/aromatic N) is 2. The first-order chi connectivity index (χ1) is 14.9. The van der Waals surface area contributed by atoms with Crippen LogP contribution in [0.4, 0.5) is 9.18 Å². The van der Waals surface area contributed by atoms with E-state index < -0.39 is 23.4 Å². The number of rotatable bonds is 8. The molecule has 2 aromatic carbocycles. The summed E-state index contributed by atoms with van der Waals surface area (Å²) in [5, 5.41) is 3.53. The lowest BCUT2D eigenvalue weighted by Crippen LogP contribution is -2.51. The van der Waals surface area contributed by atoms with Crippen molar-refractivity contribution < 1.29 is 18.8 Å². The molecule has 2 aromatic rings. The van der Waals surface area contributed by atoms with Gasteiger partial charge < -0.3 is 5.32 Å². The quantitative estimate of drug-likeness (QED) is 0.639. The van der Waals surface area contributed by atoms with Crippen LogP contribution in [0, 0.1) is 5.82 Å². The summed E-state index contributed by atoms with van der Waals surface area (Å²) in [5.41, 5.74) is 2.84. The Morgan fingerprint density at radius 2 is 1.84 bits per heavy atom. The zero-order chi connectivity index (χ0) is 22.0. The average molecular weight is 424 g/mol. The molecule has 1 aliphatic heterocycles. The second-order valence-corrected chi connectivity index (χ2v) is 7.99. The lowest BCUT2D eigenvalue weighted by Gasteiger charge is -2.26. The Morgan fingerprint density at radius 1 is 1.16 bits per heavy atom. The van der Waals surface area contributed by atoms with Crippen LogP contribution in [0.2, 0.25) is 0 Å². The smallest absolute Gasteiger partial charge is 0.318 e. The molecule has 2 aliphatic rings. The molecule has 2 fully saturated rings. The molecular formula is C23H25FN4O3. The highest BCUT2D eigenvalue weighted by Gasteiger charge is 2.52. The van der Waals surface area contributed by atoms with E-state index in [1.165, 1.54) is 12.1 Å². The van der Waals surface area contributed by atoms with E-state index in [0.29, 0.717) is 18.5 Å². The zero-order valence-corrected chi connectivity index (χ0v) is 17.3. The first-order valence-corrected chi connectivity index (χ1v) is 10.4. The molecule has 4 amide bonds. The van der Waals surface area contributed by atoms with E-state index in [0.717, 1.165) is 23.4 Å². The van der Waals surface area contributed by atoms with Crippen LogP contribution in [0.15, 0.2) is 54.6 Å². The van der Waals surface area contributed by atoms with Gasteiger partial charge in [0.2, 0.25) is 0 Å². The summed E-state index contributed by atoms with van der Waals surface area (Å²) in [4.78, 5) is 40.4. The van der Waals surface area contributed by atoms with Crippen molar-refractivity contribution in [2.75, 3.05) is 6.54 Å². The number of imide groups is 1. The summed E-state index contributed by atoms with van der Waals surface area (Å²) in [7, 11) is 0. The van der Waals surface area contributed by atoms with E-state index in [4.69, 9.17) is 0 Å². The lowest BCUT2D eigenvalue weighted by molar-refractivity contribution is -0.140. The van der Waals surface area contributed by atoms with Gasteiger partial charge in [0.1, 0.15) is 11.4 Å². The number of halogens is 1. The van der Waals surface area contributed by atoms with E-state index in [-0.39, 0.29) is 18.4 Å². The van der Waals surface area contributed by atoms with Crippen LogP contribution in [0.5, 0.6) is 0 Å². The third kappa shape index (κ3) is 4.29. The molecule has 31 heavy (non-hydrogen) atoms. The van der Waals surface area contributed by atoms with Gasteiger partial charge in [0.05, 0.1) is 6.54 Å². The van der Waals surface area contributed by atoms with E-state index in [9.17, 15) is 18.8 Å². The van der Waals surface area contributed by atoms with Crippen LogP contribution < -0.4 is 10.7 Å². The van der Waals surface area contributed by atoms with E-state index in [1.54, 1.807) is 36.4 Å². The molecule has 7 nitrogen and oxygen atoms in total.